The minimum atomic E-state index is -3.54. The number of aromatic nitrogens is 2. The van der Waals surface area contributed by atoms with Gasteiger partial charge in [0.25, 0.3) is 5.89 Å². The van der Waals surface area contributed by atoms with Crippen LogP contribution >= 0.6 is 34.5 Å². The van der Waals surface area contributed by atoms with Gasteiger partial charge in [-0.1, -0.05) is 23.2 Å². The number of hydrogen-bond donors (Lipinski definition) is 1. The van der Waals surface area contributed by atoms with E-state index in [0.29, 0.717) is 25.7 Å². The lowest BCUT2D eigenvalue weighted by Gasteiger charge is -2.37. The molecule has 1 aliphatic heterocycles. The van der Waals surface area contributed by atoms with Gasteiger partial charge in [-0.3, -0.25) is 4.99 Å². The number of nitrogens with two attached hydrogens (primary N) is 1. The highest BCUT2D eigenvalue weighted by Crippen LogP contribution is 2.45. The molecule has 3 heterocycles. The average Bonchev–Trinajstić information content (AvgIpc) is 3.27. The van der Waals surface area contributed by atoms with Crippen LogP contribution in [0.15, 0.2) is 39.7 Å². The molecule has 0 fully saturated rings. The summed E-state index contributed by atoms with van der Waals surface area (Å²) in [5.41, 5.74) is 5.66. The normalized spacial score (nSPS) is 22.6. The van der Waals surface area contributed by atoms with Crippen molar-refractivity contribution in [1.29, 1.82) is 0 Å². The van der Waals surface area contributed by atoms with E-state index in [0.717, 1.165) is 5.56 Å². The molecule has 0 saturated heterocycles. The quantitative estimate of drug-likeness (QED) is 0.583. The molecule has 0 amide bonds. The van der Waals surface area contributed by atoms with Crippen molar-refractivity contribution in [3.8, 4) is 22.2 Å². The summed E-state index contributed by atoms with van der Waals surface area (Å²) in [4.78, 5) is 5.71. The molecule has 158 valence electrons. The first-order chi connectivity index (χ1) is 13.9. The smallest absolute Gasteiger partial charge is 0.258 e. The summed E-state index contributed by atoms with van der Waals surface area (Å²) in [6, 6.07) is 8.69. The van der Waals surface area contributed by atoms with Gasteiger partial charge in [0, 0.05) is 10.6 Å². The number of sulfone groups is 1. The van der Waals surface area contributed by atoms with Gasteiger partial charge in [-0.25, -0.2) is 8.42 Å². The molecule has 0 bridgehead atoms. The van der Waals surface area contributed by atoms with E-state index in [9.17, 15) is 8.42 Å². The first-order valence-corrected chi connectivity index (χ1v) is 12.1. The summed E-state index contributed by atoms with van der Waals surface area (Å²) in [7, 11) is -3.54. The molecule has 30 heavy (non-hydrogen) atoms. The summed E-state index contributed by atoms with van der Waals surface area (Å²) in [6.45, 7) is 4.82. The van der Waals surface area contributed by atoms with Gasteiger partial charge in [-0.2, -0.15) is 0 Å². The lowest BCUT2D eigenvalue weighted by Crippen LogP contribution is -2.54. The van der Waals surface area contributed by atoms with Gasteiger partial charge in [0.15, 0.2) is 9.84 Å². The summed E-state index contributed by atoms with van der Waals surface area (Å²) in [5, 5.41) is 9.15. The van der Waals surface area contributed by atoms with Crippen LogP contribution in [-0.2, 0) is 15.4 Å². The molecule has 4 rings (SSSR count). The SMILES string of the molecule is CC1(c2sc(-c3nnc(-c4ccc(Cl)cc4)o3)cc2Cl)CS(=O)(=O)C(C)(C)C(N)=N1. The Morgan fingerprint density at radius 3 is 2.37 bits per heavy atom. The minimum absolute atomic E-state index is 0.0603. The Morgan fingerprint density at radius 2 is 1.73 bits per heavy atom. The third kappa shape index (κ3) is 3.43. The molecular formula is C19H18Cl2N4O3S2. The Hall–Kier alpha value is -1.94. The van der Waals surface area contributed by atoms with Gasteiger partial charge in [0.1, 0.15) is 16.1 Å². The highest BCUT2D eigenvalue weighted by Gasteiger charge is 2.50. The maximum atomic E-state index is 12.8. The van der Waals surface area contributed by atoms with E-state index in [1.807, 2.05) is 0 Å². The van der Waals surface area contributed by atoms with Crippen LogP contribution < -0.4 is 5.73 Å². The van der Waals surface area contributed by atoms with Crippen LogP contribution in [0.1, 0.15) is 25.6 Å². The fourth-order valence-electron chi connectivity index (χ4n) is 3.13. The van der Waals surface area contributed by atoms with Gasteiger partial charge < -0.3 is 10.2 Å². The Kier molecular flexibility index (Phi) is 5.00. The van der Waals surface area contributed by atoms with E-state index in [1.54, 1.807) is 51.1 Å². The van der Waals surface area contributed by atoms with Crippen LogP contribution in [0.3, 0.4) is 0 Å². The van der Waals surface area contributed by atoms with E-state index in [2.05, 4.69) is 15.2 Å². The molecule has 1 aromatic carbocycles. The van der Waals surface area contributed by atoms with Crippen molar-refractivity contribution in [2.75, 3.05) is 5.75 Å². The van der Waals surface area contributed by atoms with Crippen molar-refractivity contribution < 1.29 is 12.8 Å². The number of thiophene rings is 1. The zero-order valence-corrected chi connectivity index (χ0v) is 19.5. The lowest BCUT2D eigenvalue weighted by atomic mass is 10.0. The Labute approximate surface area is 187 Å². The summed E-state index contributed by atoms with van der Waals surface area (Å²) in [5.74, 6) is 0.471. The predicted molar refractivity (Wildman–Crippen MR) is 120 cm³/mol. The van der Waals surface area contributed by atoms with Crippen LogP contribution in [0.4, 0.5) is 0 Å². The maximum absolute atomic E-state index is 12.8. The Morgan fingerprint density at radius 1 is 1.10 bits per heavy atom. The van der Waals surface area contributed by atoms with Crippen LogP contribution in [0.5, 0.6) is 0 Å². The largest absolute Gasteiger partial charge is 0.415 e. The van der Waals surface area contributed by atoms with Crippen LogP contribution in [0.25, 0.3) is 22.2 Å². The van der Waals surface area contributed by atoms with E-state index in [1.165, 1.54) is 11.3 Å². The van der Waals surface area contributed by atoms with E-state index < -0.39 is 20.1 Å². The fraction of sp³-hybridized carbons (Fsp3) is 0.316. The Bertz CT molecular complexity index is 1260. The highest BCUT2D eigenvalue weighted by atomic mass is 35.5. The minimum Gasteiger partial charge on any atom is -0.415 e. The second-order valence-electron chi connectivity index (χ2n) is 7.75. The zero-order chi connectivity index (χ0) is 21.9. The van der Waals surface area contributed by atoms with Gasteiger partial charge in [-0.15, -0.1) is 21.5 Å². The molecular weight excluding hydrogens is 467 g/mol. The number of hydrogen-bond acceptors (Lipinski definition) is 8. The molecule has 7 nitrogen and oxygen atoms in total. The molecule has 0 aliphatic carbocycles. The number of nitrogens with zero attached hydrogens (tertiary/aromatic N) is 3. The number of halogens is 2. The molecule has 11 heteroatoms. The molecule has 2 aromatic heterocycles. The highest BCUT2D eigenvalue weighted by molar-refractivity contribution is 7.93. The van der Waals surface area contributed by atoms with Gasteiger partial charge in [0.05, 0.1) is 20.5 Å². The monoisotopic (exact) mass is 484 g/mol. The molecule has 0 saturated carbocycles. The van der Waals surface area contributed by atoms with Gasteiger partial charge in [-0.05, 0) is 51.1 Å². The predicted octanol–water partition coefficient (Wildman–Crippen LogP) is 4.55. The zero-order valence-electron chi connectivity index (χ0n) is 16.3. The summed E-state index contributed by atoms with van der Waals surface area (Å²) in [6.07, 6.45) is 0. The molecule has 0 spiro atoms. The van der Waals surface area contributed by atoms with Gasteiger partial charge >= 0.3 is 0 Å². The topological polar surface area (TPSA) is 111 Å². The third-order valence-corrected chi connectivity index (χ3v) is 9.88. The van der Waals surface area contributed by atoms with Crippen molar-refractivity contribution in [2.24, 2.45) is 10.7 Å². The van der Waals surface area contributed by atoms with E-state index in [4.69, 9.17) is 33.4 Å². The van der Waals surface area contributed by atoms with Crippen LogP contribution in [0.2, 0.25) is 10.0 Å². The van der Waals surface area contributed by atoms with E-state index >= 15 is 0 Å². The standard InChI is InChI=1S/C19H18Cl2N4O3S2/c1-18(2)17(22)23-19(3,9-30(18,26)27)14-12(21)8-13(29-14)16-25-24-15(28-16)10-4-6-11(20)7-5-10/h4-8H,9H2,1-3H3,(H2,22,23). The number of amidine groups is 1. The molecule has 1 atom stereocenters. The first kappa shape index (κ1) is 21.3. The van der Waals surface area contributed by atoms with Crippen molar-refractivity contribution in [2.45, 2.75) is 31.1 Å². The lowest BCUT2D eigenvalue weighted by molar-refractivity contribution is 0.507. The number of rotatable bonds is 3. The fourth-order valence-corrected chi connectivity index (χ4v) is 6.58. The number of aliphatic imine (C=N–C) groups is 1. The summed E-state index contributed by atoms with van der Waals surface area (Å²) < 4.78 is 30.2. The number of benzene rings is 1. The van der Waals surface area contributed by atoms with Crippen molar-refractivity contribution in [3.63, 3.8) is 0 Å². The van der Waals surface area contributed by atoms with Crippen molar-refractivity contribution in [1.82, 2.24) is 10.2 Å². The van der Waals surface area contributed by atoms with Gasteiger partial charge in [0.2, 0.25) is 5.89 Å². The maximum Gasteiger partial charge on any atom is 0.258 e. The van der Waals surface area contributed by atoms with Crippen molar-refractivity contribution in [3.05, 3.63) is 45.3 Å². The molecule has 2 N–H and O–H groups in total. The van der Waals surface area contributed by atoms with Crippen molar-refractivity contribution >= 4 is 50.2 Å². The summed E-state index contributed by atoms with van der Waals surface area (Å²) >= 11 is 13.6. The third-order valence-electron chi connectivity index (χ3n) is 5.14. The first-order valence-electron chi connectivity index (χ1n) is 8.91. The van der Waals surface area contributed by atoms with Crippen LogP contribution in [-0.4, -0.2) is 35.0 Å². The molecule has 1 unspecified atom stereocenters. The Balaban J connectivity index is 1.73. The average molecular weight is 485 g/mol. The second kappa shape index (κ2) is 7.05. The molecule has 1 aliphatic rings. The molecule has 3 aromatic rings. The molecule has 0 radical (unpaired) electrons. The van der Waals surface area contributed by atoms with Crippen LogP contribution in [0, 0.1) is 0 Å². The second-order valence-corrected chi connectivity index (χ2v) is 12.2. The van der Waals surface area contributed by atoms with E-state index in [-0.39, 0.29) is 17.5 Å².